The molecule has 2 heteroatoms. The second-order valence-corrected chi connectivity index (χ2v) is 7.36. The Morgan fingerprint density at radius 3 is 2.63 bits per heavy atom. The molecule has 1 aromatic carbocycles. The van der Waals surface area contributed by atoms with Crippen molar-refractivity contribution < 1.29 is 0 Å². The van der Waals surface area contributed by atoms with Crippen molar-refractivity contribution in [2.45, 2.75) is 55.7 Å². The first-order chi connectivity index (χ1) is 9.43. The molecule has 1 heterocycles. The standard InChI is InChI=1S/C17H25NS/c1-2-7-14(8-3-1)16-10-4-5-11-17(16)18-13-15-9-6-12-19-15/h1-3,7-8,15-18H,4-6,9-13H2. The predicted molar refractivity (Wildman–Crippen MR) is 84.9 cm³/mol. The zero-order valence-corrected chi connectivity index (χ0v) is 12.5. The Hall–Kier alpha value is -0.470. The van der Waals surface area contributed by atoms with Crippen molar-refractivity contribution in [3.05, 3.63) is 35.9 Å². The summed E-state index contributed by atoms with van der Waals surface area (Å²) in [6.45, 7) is 1.22. The Balaban J connectivity index is 1.60. The molecule has 0 amide bonds. The van der Waals surface area contributed by atoms with Crippen LogP contribution in [0, 0.1) is 0 Å². The van der Waals surface area contributed by atoms with Gasteiger partial charge in [-0.05, 0) is 42.9 Å². The average molecular weight is 275 g/mol. The van der Waals surface area contributed by atoms with Crippen molar-refractivity contribution in [3.8, 4) is 0 Å². The van der Waals surface area contributed by atoms with Crippen molar-refractivity contribution in [2.75, 3.05) is 12.3 Å². The Kier molecular flexibility index (Phi) is 4.84. The van der Waals surface area contributed by atoms with Crippen molar-refractivity contribution in [1.82, 2.24) is 5.32 Å². The number of rotatable bonds is 4. The van der Waals surface area contributed by atoms with Gasteiger partial charge in [-0.1, -0.05) is 43.2 Å². The minimum Gasteiger partial charge on any atom is -0.312 e. The highest BCUT2D eigenvalue weighted by Gasteiger charge is 2.27. The highest BCUT2D eigenvalue weighted by Crippen LogP contribution is 2.33. The number of benzene rings is 1. The molecule has 2 aliphatic rings. The van der Waals surface area contributed by atoms with Crippen LogP contribution >= 0.6 is 11.8 Å². The van der Waals surface area contributed by atoms with E-state index in [-0.39, 0.29) is 0 Å². The third kappa shape index (κ3) is 3.55. The van der Waals surface area contributed by atoms with Crippen molar-refractivity contribution in [3.63, 3.8) is 0 Å². The quantitative estimate of drug-likeness (QED) is 0.884. The van der Waals surface area contributed by atoms with Crippen LogP contribution in [-0.2, 0) is 0 Å². The number of hydrogen-bond acceptors (Lipinski definition) is 2. The molecule has 19 heavy (non-hydrogen) atoms. The molecule has 3 atom stereocenters. The van der Waals surface area contributed by atoms with E-state index in [1.165, 1.54) is 50.8 Å². The molecule has 1 aliphatic heterocycles. The SMILES string of the molecule is c1ccc(C2CCCCC2NCC2CCCS2)cc1. The largest absolute Gasteiger partial charge is 0.312 e. The van der Waals surface area contributed by atoms with E-state index in [2.05, 4.69) is 47.4 Å². The monoisotopic (exact) mass is 275 g/mol. The number of thioether (sulfide) groups is 1. The van der Waals surface area contributed by atoms with Gasteiger partial charge in [0.05, 0.1) is 0 Å². The van der Waals surface area contributed by atoms with Crippen LogP contribution in [0.2, 0.25) is 0 Å². The van der Waals surface area contributed by atoms with Crippen LogP contribution in [0.25, 0.3) is 0 Å². The highest BCUT2D eigenvalue weighted by atomic mass is 32.2. The summed E-state index contributed by atoms with van der Waals surface area (Å²) in [4.78, 5) is 0. The fourth-order valence-electron chi connectivity index (χ4n) is 3.56. The van der Waals surface area contributed by atoms with E-state index in [0.29, 0.717) is 6.04 Å². The Bertz CT molecular complexity index is 372. The molecule has 1 saturated heterocycles. The second-order valence-electron chi connectivity index (χ2n) is 5.95. The molecule has 104 valence electrons. The zero-order valence-electron chi connectivity index (χ0n) is 11.7. The van der Waals surface area contributed by atoms with Gasteiger partial charge in [0.2, 0.25) is 0 Å². The van der Waals surface area contributed by atoms with E-state index in [9.17, 15) is 0 Å². The minimum atomic E-state index is 0.706. The molecule has 0 bridgehead atoms. The lowest BCUT2D eigenvalue weighted by molar-refractivity contribution is 0.327. The fraction of sp³-hybridized carbons (Fsp3) is 0.647. The van der Waals surface area contributed by atoms with E-state index in [1.807, 2.05) is 0 Å². The van der Waals surface area contributed by atoms with Crippen molar-refractivity contribution in [2.24, 2.45) is 0 Å². The van der Waals surface area contributed by atoms with E-state index >= 15 is 0 Å². The molecule has 1 N–H and O–H groups in total. The zero-order chi connectivity index (χ0) is 12.9. The Labute approximate surface area is 121 Å². The molecule has 0 spiro atoms. The van der Waals surface area contributed by atoms with Crippen LogP contribution in [0.5, 0.6) is 0 Å². The van der Waals surface area contributed by atoms with Gasteiger partial charge in [-0.3, -0.25) is 0 Å². The van der Waals surface area contributed by atoms with Gasteiger partial charge < -0.3 is 5.32 Å². The molecule has 3 rings (SSSR count). The Morgan fingerprint density at radius 2 is 1.84 bits per heavy atom. The second kappa shape index (κ2) is 6.81. The maximum absolute atomic E-state index is 3.89. The molecule has 1 aromatic rings. The van der Waals surface area contributed by atoms with Gasteiger partial charge in [0.1, 0.15) is 0 Å². The summed E-state index contributed by atoms with van der Waals surface area (Å²) < 4.78 is 0. The van der Waals surface area contributed by atoms with Gasteiger partial charge >= 0.3 is 0 Å². The van der Waals surface area contributed by atoms with Crippen LogP contribution in [0.4, 0.5) is 0 Å². The summed E-state index contributed by atoms with van der Waals surface area (Å²) in [5, 5.41) is 4.76. The molecular weight excluding hydrogens is 250 g/mol. The van der Waals surface area contributed by atoms with Crippen LogP contribution in [0.15, 0.2) is 30.3 Å². The Morgan fingerprint density at radius 1 is 1.00 bits per heavy atom. The smallest absolute Gasteiger partial charge is 0.0172 e. The van der Waals surface area contributed by atoms with Crippen LogP contribution in [-0.4, -0.2) is 23.6 Å². The lowest BCUT2D eigenvalue weighted by Gasteiger charge is -2.33. The molecular formula is C17H25NS. The summed E-state index contributed by atoms with van der Waals surface area (Å²) in [6, 6.07) is 11.8. The molecule has 0 aromatic heterocycles. The van der Waals surface area contributed by atoms with Crippen molar-refractivity contribution in [1.29, 1.82) is 0 Å². The third-order valence-electron chi connectivity index (χ3n) is 4.63. The normalized spacial score (nSPS) is 31.5. The van der Waals surface area contributed by atoms with Gasteiger partial charge in [0.25, 0.3) is 0 Å². The van der Waals surface area contributed by atoms with Gasteiger partial charge in [0, 0.05) is 17.8 Å². The van der Waals surface area contributed by atoms with E-state index < -0.39 is 0 Å². The molecule has 1 saturated carbocycles. The first kappa shape index (κ1) is 13.5. The van der Waals surface area contributed by atoms with Gasteiger partial charge in [0.15, 0.2) is 0 Å². The summed E-state index contributed by atoms with van der Waals surface area (Å²) in [7, 11) is 0. The minimum absolute atomic E-state index is 0.706. The maximum Gasteiger partial charge on any atom is 0.0172 e. The molecule has 1 aliphatic carbocycles. The lowest BCUT2D eigenvalue weighted by Crippen LogP contribution is -2.40. The first-order valence-corrected chi connectivity index (χ1v) is 8.88. The lowest BCUT2D eigenvalue weighted by atomic mass is 9.80. The highest BCUT2D eigenvalue weighted by molar-refractivity contribution is 8.00. The average Bonchev–Trinajstić information content (AvgIpc) is 3.00. The van der Waals surface area contributed by atoms with E-state index in [0.717, 1.165) is 11.2 Å². The fourth-order valence-corrected chi connectivity index (χ4v) is 4.78. The van der Waals surface area contributed by atoms with E-state index in [4.69, 9.17) is 0 Å². The summed E-state index contributed by atoms with van der Waals surface area (Å²) >= 11 is 2.17. The number of nitrogens with one attached hydrogen (secondary N) is 1. The van der Waals surface area contributed by atoms with Gasteiger partial charge in [-0.2, -0.15) is 11.8 Å². The molecule has 1 nitrogen and oxygen atoms in total. The van der Waals surface area contributed by atoms with Gasteiger partial charge in [-0.25, -0.2) is 0 Å². The van der Waals surface area contributed by atoms with Crippen LogP contribution < -0.4 is 5.32 Å². The van der Waals surface area contributed by atoms with Crippen LogP contribution in [0.3, 0.4) is 0 Å². The maximum atomic E-state index is 3.89. The first-order valence-electron chi connectivity index (χ1n) is 7.83. The van der Waals surface area contributed by atoms with E-state index in [1.54, 1.807) is 5.56 Å². The summed E-state index contributed by atoms with van der Waals surface area (Å²) in [5.41, 5.74) is 1.54. The number of hydrogen-bond donors (Lipinski definition) is 1. The van der Waals surface area contributed by atoms with Gasteiger partial charge in [-0.15, -0.1) is 0 Å². The summed E-state index contributed by atoms with van der Waals surface area (Å²) in [5.74, 6) is 2.11. The van der Waals surface area contributed by atoms with Crippen LogP contribution in [0.1, 0.15) is 50.0 Å². The van der Waals surface area contributed by atoms with Crippen molar-refractivity contribution >= 4 is 11.8 Å². The molecule has 2 fully saturated rings. The topological polar surface area (TPSA) is 12.0 Å². The molecule has 3 unspecified atom stereocenters. The third-order valence-corrected chi connectivity index (χ3v) is 6.02. The summed E-state index contributed by atoms with van der Waals surface area (Å²) in [6.07, 6.45) is 8.36. The predicted octanol–water partition coefficient (Wildman–Crippen LogP) is 4.20. The molecule has 0 radical (unpaired) electrons.